The third-order valence-corrected chi connectivity index (χ3v) is 8.34. The van der Waals surface area contributed by atoms with Crippen LogP contribution in [-0.2, 0) is 0 Å². The third-order valence-electron chi connectivity index (χ3n) is 7.03. The van der Waals surface area contributed by atoms with Gasteiger partial charge in [0.1, 0.15) is 0 Å². The highest BCUT2D eigenvalue weighted by Crippen LogP contribution is 2.40. The van der Waals surface area contributed by atoms with Crippen molar-refractivity contribution in [2.45, 2.75) is 11.8 Å². The van der Waals surface area contributed by atoms with E-state index in [9.17, 15) is 0 Å². The number of nitrogens with two attached hydrogens (primary N) is 4. The quantitative estimate of drug-likeness (QED) is 0.114. The van der Waals surface area contributed by atoms with Gasteiger partial charge in [0.15, 0.2) is 0 Å². The van der Waals surface area contributed by atoms with Crippen LogP contribution >= 0.6 is 46.4 Å². The lowest BCUT2D eigenvalue weighted by Crippen LogP contribution is -2.07. The van der Waals surface area contributed by atoms with Gasteiger partial charge in [-0.25, -0.2) is 0 Å². The first-order valence-electron chi connectivity index (χ1n) is 12.4. The van der Waals surface area contributed by atoms with Crippen molar-refractivity contribution in [3.8, 4) is 0 Å². The summed E-state index contributed by atoms with van der Waals surface area (Å²) in [5.41, 5.74) is 32.1. The molecule has 40 heavy (non-hydrogen) atoms. The van der Waals surface area contributed by atoms with Gasteiger partial charge in [-0.05, 0) is 81.9 Å². The van der Waals surface area contributed by atoms with E-state index in [0.717, 1.165) is 33.4 Å². The fourth-order valence-electron chi connectivity index (χ4n) is 4.93. The van der Waals surface area contributed by atoms with Gasteiger partial charge < -0.3 is 22.9 Å². The average Bonchev–Trinajstić information content (AvgIpc) is 2.93. The number of nitrogen functional groups attached to an aromatic ring is 4. The number of hydrogen-bond donors (Lipinski definition) is 4. The van der Waals surface area contributed by atoms with Gasteiger partial charge in [0.2, 0.25) is 0 Å². The Balaban J connectivity index is 1.63. The van der Waals surface area contributed by atoms with Crippen LogP contribution in [0.4, 0.5) is 22.7 Å². The van der Waals surface area contributed by atoms with E-state index in [1.807, 2.05) is 72.8 Å². The van der Waals surface area contributed by atoms with Gasteiger partial charge in [-0.15, -0.1) is 0 Å². The lowest BCUT2D eigenvalue weighted by Gasteiger charge is -2.23. The van der Waals surface area contributed by atoms with E-state index in [0.29, 0.717) is 42.8 Å². The summed E-state index contributed by atoms with van der Waals surface area (Å²) in [6.07, 6.45) is 0. The van der Waals surface area contributed by atoms with E-state index in [-0.39, 0.29) is 11.8 Å². The van der Waals surface area contributed by atoms with Gasteiger partial charge in [0, 0.05) is 11.8 Å². The number of halogens is 4. The Labute approximate surface area is 253 Å². The Bertz CT molecular complexity index is 1470. The standard InChI is InChI=1S/C32H26Cl4N4/c33-23-13-19(5-9-27(23)37)31(20-6-10-28(38)24(34)14-20)17-1-2-18(4-3-17)32(21-7-11-29(39)25(35)15-21)22-8-12-30(40)26(36)16-22/h1-16,31-32H,37-40H2. The first kappa shape index (κ1) is 28.0. The van der Waals surface area contributed by atoms with E-state index in [4.69, 9.17) is 69.3 Å². The van der Waals surface area contributed by atoms with E-state index >= 15 is 0 Å². The van der Waals surface area contributed by atoms with Gasteiger partial charge in [-0.3, -0.25) is 0 Å². The van der Waals surface area contributed by atoms with Crippen molar-refractivity contribution >= 4 is 69.2 Å². The smallest absolute Gasteiger partial charge is 0.0638 e. The largest absolute Gasteiger partial charge is 0.398 e. The Kier molecular flexibility index (Phi) is 8.07. The van der Waals surface area contributed by atoms with Crippen molar-refractivity contribution in [2.24, 2.45) is 0 Å². The van der Waals surface area contributed by atoms with Crippen molar-refractivity contribution in [1.82, 2.24) is 0 Å². The van der Waals surface area contributed by atoms with Crippen LogP contribution in [0.3, 0.4) is 0 Å². The molecule has 5 aromatic rings. The Hall–Kier alpha value is -3.54. The van der Waals surface area contributed by atoms with Crippen LogP contribution in [0.25, 0.3) is 0 Å². The normalized spacial score (nSPS) is 11.3. The minimum atomic E-state index is -0.166. The lowest BCUT2D eigenvalue weighted by atomic mass is 9.81. The van der Waals surface area contributed by atoms with E-state index in [2.05, 4.69) is 24.3 Å². The van der Waals surface area contributed by atoms with E-state index < -0.39 is 0 Å². The highest BCUT2D eigenvalue weighted by molar-refractivity contribution is 6.34. The van der Waals surface area contributed by atoms with Gasteiger partial charge in [-0.1, -0.05) is 94.9 Å². The highest BCUT2D eigenvalue weighted by atomic mass is 35.5. The predicted molar refractivity (Wildman–Crippen MR) is 172 cm³/mol. The molecule has 0 aliphatic rings. The molecule has 0 spiro atoms. The fraction of sp³-hybridized carbons (Fsp3) is 0.0625. The highest BCUT2D eigenvalue weighted by Gasteiger charge is 2.22. The molecule has 8 heteroatoms. The molecule has 0 aliphatic carbocycles. The molecule has 5 aromatic carbocycles. The monoisotopic (exact) mass is 606 g/mol. The summed E-state index contributed by atoms with van der Waals surface area (Å²) < 4.78 is 0. The van der Waals surface area contributed by atoms with Crippen molar-refractivity contribution in [3.05, 3.63) is 151 Å². The summed E-state index contributed by atoms with van der Waals surface area (Å²) in [7, 11) is 0. The molecule has 0 saturated carbocycles. The summed E-state index contributed by atoms with van der Waals surface area (Å²) >= 11 is 25.7. The van der Waals surface area contributed by atoms with Crippen LogP contribution in [0, 0.1) is 0 Å². The predicted octanol–water partition coefficient (Wildman–Crippen LogP) is 8.99. The van der Waals surface area contributed by atoms with E-state index in [1.165, 1.54) is 0 Å². The zero-order valence-electron chi connectivity index (χ0n) is 21.2. The second-order valence-electron chi connectivity index (χ2n) is 9.66. The fourth-order valence-corrected chi connectivity index (χ4v) is 5.68. The maximum atomic E-state index is 6.43. The number of rotatable bonds is 6. The second-order valence-corrected chi connectivity index (χ2v) is 11.3. The van der Waals surface area contributed by atoms with E-state index in [1.54, 1.807) is 0 Å². The Morgan fingerprint density at radius 2 is 0.525 bits per heavy atom. The first-order valence-corrected chi connectivity index (χ1v) is 13.9. The van der Waals surface area contributed by atoms with Crippen LogP contribution in [0.1, 0.15) is 45.2 Å². The molecule has 0 aromatic heterocycles. The summed E-state index contributed by atoms with van der Waals surface area (Å²) in [5, 5.41) is 1.95. The molecule has 4 nitrogen and oxygen atoms in total. The second kappa shape index (κ2) is 11.5. The number of benzene rings is 5. The van der Waals surface area contributed by atoms with Crippen LogP contribution in [0.5, 0.6) is 0 Å². The molecular formula is C32H26Cl4N4. The molecule has 8 N–H and O–H groups in total. The molecule has 0 saturated heterocycles. The summed E-state index contributed by atoms with van der Waals surface area (Å²) in [4.78, 5) is 0. The number of hydrogen-bond acceptors (Lipinski definition) is 4. The molecule has 0 aliphatic heterocycles. The van der Waals surface area contributed by atoms with Crippen LogP contribution in [-0.4, -0.2) is 0 Å². The zero-order chi connectivity index (χ0) is 28.6. The summed E-state index contributed by atoms with van der Waals surface area (Å²) in [6, 6.07) is 31.0. The first-order chi connectivity index (χ1) is 19.1. The average molecular weight is 608 g/mol. The molecule has 5 rings (SSSR count). The van der Waals surface area contributed by atoms with Crippen molar-refractivity contribution in [3.63, 3.8) is 0 Å². The summed E-state index contributed by atoms with van der Waals surface area (Å²) in [6.45, 7) is 0. The van der Waals surface area contributed by atoms with Gasteiger partial charge in [0.05, 0.1) is 42.8 Å². The minimum Gasteiger partial charge on any atom is -0.398 e. The zero-order valence-corrected chi connectivity index (χ0v) is 24.2. The molecule has 0 heterocycles. The van der Waals surface area contributed by atoms with Crippen molar-refractivity contribution in [1.29, 1.82) is 0 Å². The topological polar surface area (TPSA) is 104 Å². The van der Waals surface area contributed by atoms with Crippen LogP contribution < -0.4 is 22.9 Å². The molecule has 0 atom stereocenters. The van der Waals surface area contributed by atoms with Crippen LogP contribution in [0.15, 0.2) is 97.1 Å². The summed E-state index contributed by atoms with van der Waals surface area (Å²) in [5.74, 6) is -0.332. The molecule has 0 fully saturated rings. The molecule has 202 valence electrons. The number of anilines is 4. The van der Waals surface area contributed by atoms with Crippen molar-refractivity contribution < 1.29 is 0 Å². The molecule has 0 unspecified atom stereocenters. The van der Waals surface area contributed by atoms with Gasteiger partial charge in [-0.2, -0.15) is 0 Å². The molecule has 0 radical (unpaired) electrons. The molecular weight excluding hydrogens is 582 g/mol. The molecule has 0 amide bonds. The van der Waals surface area contributed by atoms with Crippen LogP contribution in [0.2, 0.25) is 20.1 Å². The van der Waals surface area contributed by atoms with Gasteiger partial charge >= 0.3 is 0 Å². The Morgan fingerprint density at radius 1 is 0.325 bits per heavy atom. The van der Waals surface area contributed by atoms with Gasteiger partial charge in [0.25, 0.3) is 0 Å². The maximum absolute atomic E-state index is 6.43. The third kappa shape index (κ3) is 5.67. The minimum absolute atomic E-state index is 0.166. The maximum Gasteiger partial charge on any atom is 0.0638 e. The van der Waals surface area contributed by atoms with Crippen molar-refractivity contribution in [2.75, 3.05) is 22.9 Å². The lowest BCUT2D eigenvalue weighted by molar-refractivity contribution is 0.952. The Morgan fingerprint density at radius 3 is 0.725 bits per heavy atom. The SMILES string of the molecule is Nc1ccc(C(c2ccc(C(c3ccc(N)c(Cl)c3)c3ccc(N)c(Cl)c3)cc2)c2ccc(N)c(Cl)c2)cc1Cl. The molecule has 0 bridgehead atoms.